The highest BCUT2D eigenvalue weighted by molar-refractivity contribution is 7.00. The molecule has 0 fully saturated rings. The zero-order chi connectivity index (χ0) is 61.5. The summed E-state index contributed by atoms with van der Waals surface area (Å²) in [7, 11) is 0. The van der Waals surface area contributed by atoms with E-state index in [9.17, 15) is 0 Å². The highest BCUT2D eigenvalue weighted by Crippen LogP contribution is 2.50. The van der Waals surface area contributed by atoms with Gasteiger partial charge in [0.1, 0.15) is 0 Å². The first-order valence-electron chi connectivity index (χ1n) is 31.7. The third-order valence-electron chi connectivity index (χ3n) is 18.5. The number of rotatable bonds is 9. The molecule has 0 unspecified atom stereocenters. The molecule has 1 aromatic heterocycles. The maximum absolute atomic E-state index is 5.79. The van der Waals surface area contributed by atoms with Crippen molar-refractivity contribution < 1.29 is 0 Å². The molecule has 2 aliphatic heterocycles. The molecule has 0 aliphatic carbocycles. The lowest BCUT2D eigenvalue weighted by atomic mass is 9.33. The second kappa shape index (κ2) is 22.0. The summed E-state index contributed by atoms with van der Waals surface area (Å²) in [4.78, 5) is 22.3. The van der Waals surface area contributed by atoms with E-state index in [0.29, 0.717) is 17.5 Å². The number of benzene rings is 13. The van der Waals surface area contributed by atoms with Crippen LogP contribution in [0.3, 0.4) is 0 Å². The molecule has 434 valence electrons. The summed E-state index contributed by atoms with van der Waals surface area (Å²) >= 11 is 0. The Morgan fingerprint density at radius 2 is 0.571 bits per heavy atom. The van der Waals surface area contributed by atoms with Crippen LogP contribution in [0, 0.1) is 0 Å². The van der Waals surface area contributed by atoms with Crippen LogP contribution in [0.15, 0.2) is 291 Å². The van der Waals surface area contributed by atoms with Crippen LogP contribution in [0.4, 0.5) is 34.1 Å². The van der Waals surface area contributed by atoms with Crippen LogP contribution in [0.5, 0.6) is 0 Å². The van der Waals surface area contributed by atoms with Crippen LogP contribution in [0.25, 0.3) is 100 Å². The van der Waals surface area contributed by atoms with Gasteiger partial charge in [0.25, 0.3) is 6.71 Å². The van der Waals surface area contributed by atoms with Gasteiger partial charge in [-0.2, -0.15) is 0 Å². The molecule has 0 atom stereocenters. The van der Waals surface area contributed by atoms with Crippen LogP contribution in [-0.4, -0.2) is 21.7 Å². The SMILES string of the molecule is CC(C)(C)c1ccc(N2c3cc(-c4nc(-c5cc(-c6ccccc6)cc(-c6ccccc6)c5)nc(-c5cc(-c6ccccc6)cc(-c6ccccc6)c5)n4)cc4c3B(c3ccc5ccccc5c32)c2ccc3ccccc3c2N4c2ccc(C(C)(C)C)cc2)cc1. The molecule has 0 saturated heterocycles. The Kier molecular flexibility index (Phi) is 13.4. The fourth-order valence-electron chi connectivity index (χ4n) is 13.9. The summed E-state index contributed by atoms with van der Waals surface area (Å²) in [5, 5.41) is 4.73. The van der Waals surface area contributed by atoms with E-state index in [-0.39, 0.29) is 17.5 Å². The Balaban J connectivity index is 1.03. The average Bonchev–Trinajstić information content (AvgIpc) is 0.695. The zero-order valence-electron chi connectivity index (χ0n) is 52.0. The maximum Gasteiger partial charge on any atom is 0.252 e. The minimum Gasteiger partial charge on any atom is -0.311 e. The van der Waals surface area contributed by atoms with E-state index < -0.39 is 0 Å². The minimum absolute atomic E-state index is 0.0518. The molecule has 3 heterocycles. The van der Waals surface area contributed by atoms with Gasteiger partial charge in [0.2, 0.25) is 0 Å². The highest BCUT2D eigenvalue weighted by Gasteiger charge is 2.45. The number of hydrogen-bond acceptors (Lipinski definition) is 5. The molecule has 0 saturated carbocycles. The molecule has 0 radical (unpaired) electrons. The van der Waals surface area contributed by atoms with Gasteiger partial charge in [0, 0.05) is 61.6 Å². The van der Waals surface area contributed by atoms with Gasteiger partial charge in [0.15, 0.2) is 17.5 Å². The molecule has 13 aromatic carbocycles. The molecule has 5 nitrogen and oxygen atoms in total. The second-order valence-corrected chi connectivity index (χ2v) is 26.4. The lowest BCUT2D eigenvalue weighted by molar-refractivity contribution is 0.590. The third-order valence-corrected chi connectivity index (χ3v) is 18.5. The van der Waals surface area contributed by atoms with Crippen LogP contribution in [-0.2, 0) is 10.8 Å². The average molecular weight is 1170 g/mol. The number of hydrogen-bond donors (Lipinski definition) is 0. The first-order chi connectivity index (χ1) is 44.4. The van der Waals surface area contributed by atoms with E-state index in [1.807, 2.05) is 0 Å². The molecule has 16 rings (SSSR count). The van der Waals surface area contributed by atoms with Gasteiger partial charge >= 0.3 is 0 Å². The van der Waals surface area contributed by atoms with Crippen molar-refractivity contribution in [3.05, 3.63) is 302 Å². The molecule has 14 aromatic rings. The largest absolute Gasteiger partial charge is 0.311 e. The standard InChI is InChI=1S/C85H66BN5/c1-84(2,3)68-37-41-70(42-38-68)90-76-53-67(54-77-78(76)86(74-45-35-59-31-19-21-33-72(59)79(74)90)75-46-36-60-32-20-22-34-73(60)80(75)91(77)71-43-39-69(40-44-71)85(4,5)6)83-88-81(65-49-61(55-23-11-7-12-24-55)47-62(50-65)56-25-13-8-14-26-56)87-82(89-83)66-51-63(57-27-15-9-16-28-57)48-64(52-66)58-29-17-10-18-30-58/h7-54H,1-6H3. The summed E-state index contributed by atoms with van der Waals surface area (Å²) < 4.78 is 0. The quantitative estimate of drug-likeness (QED) is 0.135. The molecule has 0 bridgehead atoms. The van der Waals surface area contributed by atoms with Crippen LogP contribution in [0.1, 0.15) is 52.7 Å². The van der Waals surface area contributed by atoms with Crippen LogP contribution < -0.4 is 26.2 Å². The predicted octanol–water partition coefficient (Wildman–Crippen LogP) is 20.5. The third kappa shape index (κ3) is 9.96. The summed E-state index contributed by atoms with van der Waals surface area (Å²) in [6, 6.07) is 107. The lowest BCUT2D eigenvalue weighted by Crippen LogP contribution is -2.61. The van der Waals surface area contributed by atoms with Gasteiger partial charge in [-0.1, -0.05) is 260 Å². The van der Waals surface area contributed by atoms with Crippen molar-refractivity contribution in [3.8, 4) is 78.7 Å². The smallest absolute Gasteiger partial charge is 0.252 e. The Bertz CT molecular complexity index is 4680. The first-order valence-corrected chi connectivity index (χ1v) is 31.7. The zero-order valence-corrected chi connectivity index (χ0v) is 52.0. The topological polar surface area (TPSA) is 45.2 Å². The second-order valence-electron chi connectivity index (χ2n) is 26.4. The highest BCUT2D eigenvalue weighted by atomic mass is 15.2. The van der Waals surface area contributed by atoms with E-state index in [1.165, 1.54) is 60.4 Å². The van der Waals surface area contributed by atoms with E-state index in [1.54, 1.807) is 0 Å². The van der Waals surface area contributed by atoms with Crippen molar-refractivity contribution in [1.29, 1.82) is 0 Å². The molecule has 6 heteroatoms. The van der Waals surface area contributed by atoms with E-state index in [4.69, 9.17) is 15.0 Å². The normalized spacial score (nSPS) is 12.7. The monoisotopic (exact) mass is 1170 g/mol. The van der Waals surface area contributed by atoms with Gasteiger partial charge in [-0.3, -0.25) is 0 Å². The molecular weight excluding hydrogens is 1100 g/mol. The van der Waals surface area contributed by atoms with Crippen molar-refractivity contribution in [2.45, 2.75) is 52.4 Å². The van der Waals surface area contributed by atoms with Crippen molar-refractivity contribution in [2.24, 2.45) is 0 Å². The van der Waals surface area contributed by atoms with Crippen LogP contribution >= 0.6 is 0 Å². The van der Waals surface area contributed by atoms with Gasteiger partial charge in [0.05, 0.1) is 0 Å². The minimum atomic E-state index is -0.146. The summed E-state index contributed by atoms with van der Waals surface area (Å²) in [6.07, 6.45) is 0. The first kappa shape index (κ1) is 55.4. The van der Waals surface area contributed by atoms with E-state index >= 15 is 0 Å². The molecule has 0 amide bonds. The number of anilines is 6. The molecule has 0 spiro atoms. The molecule has 91 heavy (non-hydrogen) atoms. The fraction of sp³-hybridized carbons (Fsp3) is 0.0941. The Morgan fingerprint density at radius 3 is 0.901 bits per heavy atom. The lowest BCUT2D eigenvalue weighted by Gasteiger charge is -2.45. The van der Waals surface area contributed by atoms with Gasteiger partial charge < -0.3 is 9.80 Å². The van der Waals surface area contributed by atoms with E-state index in [0.717, 1.165) is 83.9 Å². The van der Waals surface area contributed by atoms with Crippen molar-refractivity contribution in [1.82, 2.24) is 15.0 Å². The van der Waals surface area contributed by atoms with Crippen molar-refractivity contribution in [2.75, 3.05) is 9.80 Å². The summed E-state index contributed by atoms with van der Waals surface area (Å²) in [6.45, 7) is 13.6. The Morgan fingerprint density at radius 1 is 0.275 bits per heavy atom. The molecule has 2 aliphatic rings. The Labute approximate surface area is 533 Å². The number of nitrogens with zero attached hydrogens (tertiary/aromatic N) is 5. The van der Waals surface area contributed by atoms with E-state index in [2.05, 4.69) is 343 Å². The maximum atomic E-state index is 5.79. The molecular formula is C85H66BN5. The van der Waals surface area contributed by atoms with Gasteiger partial charge in [-0.15, -0.1) is 0 Å². The Hall–Kier alpha value is -10.9. The molecule has 0 N–H and O–H groups in total. The van der Waals surface area contributed by atoms with Crippen molar-refractivity contribution >= 4 is 78.8 Å². The summed E-state index contributed by atoms with van der Waals surface area (Å²) in [5.41, 5.74) is 24.1. The van der Waals surface area contributed by atoms with Crippen molar-refractivity contribution in [3.63, 3.8) is 0 Å². The predicted molar refractivity (Wildman–Crippen MR) is 384 cm³/mol. The summed E-state index contributed by atoms with van der Waals surface area (Å²) in [5.74, 6) is 1.71. The van der Waals surface area contributed by atoms with Gasteiger partial charge in [-0.25, -0.2) is 15.0 Å². The number of aromatic nitrogens is 3. The van der Waals surface area contributed by atoms with Gasteiger partial charge in [-0.05, 0) is 166 Å². The number of fused-ring (bicyclic) bond motifs is 8. The fourth-order valence-corrected chi connectivity index (χ4v) is 13.9. The van der Waals surface area contributed by atoms with Crippen LogP contribution in [0.2, 0.25) is 0 Å².